The van der Waals surface area contributed by atoms with Gasteiger partial charge in [0.25, 0.3) is 0 Å². The molecule has 1 saturated carbocycles. The first kappa shape index (κ1) is 12.6. The van der Waals surface area contributed by atoms with Crippen LogP contribution in [0.25, 0.3) is 0 Å². The first-order chi connectivity index (χ1) is 9.13. The molecule has 1 aliphatic heterocycles. The van der Waals surface area contributed by atoms with Crippen LogP contribution >= 0.6 is 0 Å². The summed E-state index contributed by atoms with van der Waals surface area (Å²) in [7, 11) is 0. The quantitative estimate of drug-likeness (QED) is 0.819. The number of amides is 1. The molecule has 1 aromatic heterocycles. The van der Waals surface area contributed by atoms with Gasteiger partial charge in [-0.15, -0.1) is 0 Å². The summed E-state index contributed by atoms with van der Waals surface area (Å²) in [6, 6.07) is 2.10. The molecule has 1 amide bonds. The van der Waals surface area contributed by atoms with Crippen LogP contribution in [0.4, 0.5) is 0 Å². The fourth-order valence-electron chi connectivity index (χ4n) is 2.85. The monoisotopic (exact) mass is 259 g/mol. The second kappa shape index (κ2) is 4.91. The number of hydrogen-bond acceptors (Lipinski definition) is 3. The number of piperidine rings is 1. The van der Waals surface area contributed by atoms with E-state index in [2.05, 4.69) is 11.1 Å². The standard InChI is InChI=1S/C15H21N3O/c1-10-8-14(17-15(16-10)12-5-6-12)13-4-3-7-18(9-13)11(2)19/h8,12-13H,3-7,9H2,1-2H3. The fraction of sp³-hybridized carbons (Fsp3) is 0.667. The van der Waals surface area contributed by atoms with Crippen molar-refractivity contribution in [1.82, 2.24) is 14.9 Å². The SMILES string of the molecule is CC(=O)N1CCCC(c2cc(C)nc(C3CC3)n2)C1. The van der Waals surface area contributed by atoms with E-state index in [4.69, 9.17) is 4.98 Å². The van der Waals surface area contributed by atoms with Crippen molar-refractivity contribution in [1.29, 1.82) is 0 Å². The lowest BCUT2D eigenvalue weighted by molar-refractivity contribution is -0.130. The summed E-state index contributed by atoms with van der Waals surface area (Å²) in [5.74, 6) is 2.18. The van der Waals surface area contributed by atoms with Gasteiger partial charge in [-0.3, -0.25) is 4.79 Å². The number of likely N-dealkylation sites (tertiary alicyclic amines) is 1. The zero-order valence-electron chi connectivity index (χ0n) is 11.7. The number of aryl methyl sites for hydroxylation is 1. The van der Waals surface area contributed by atoms with Crippen molar-refractivity contribution in [2.45, 2.75) is 51.4 Å². The van der Waals surface area contributed by atoms with Crippen molar-refractivity contribution in [2.24, 2.45) is 0 Å². The minimum absolute atomic E-state index is 0.179. The Labute approximate surface area is 114 Å². The average Bonchev–Trinajstić information content (AvgIpc) is 3.22. The lowest BCUT2D eigenvalue weighted by Gasteiger charge is -2.32. The third-order valence-electron chi connectivity index (χ3n) is 4.12. The highest BCUT2D eigenvalue weighted by Crippen LogP contribution is 2.38. The maximum Gasteiger partial charge on any atom is 0.219 e. The molecule has 1 saturated heterocycles. The lowest BCUT2D eigenvalue weighted by Crippen LogP contribution is -2.38. The van der Waals surface area contributed by atoms with E-state index in [9.17, 15) is 4.79 Å². The topological polar surface area (TPSA) is 46.1 Å². The highest BCUT2D eigenvalue weighted by atomic mass is 16.2. The number of carbonyl (C=O) groups excluding carboxylic acids is 1. The maximum atomic E-state index is 11.5. The first-order valence-corrected chi connectivity index (χ1v) is 7.24. The molecule has 4 heteroatoms. The van der Waals surface area contributed by atoms with Crippen LogP contribution in [0.1, 0.15) is 61.7 Å². The molecular formula is C15H21N3O. The molecule has 1 aliphatic carbocycles. The summed E-state index contributed by atoms with van der Waals surface area (Å²) in [6.07, 6.45) is 4.66. The Kier molecular flexibility index (Phi) is 3.25. The summed E-state index contributed by atoms with van der Waals surface area (Å²) in [5, 5.41) is 0. The molecule has 2 aliphatic rings. The second-order valence-electron chi connectivity index (χ2n) is 5.87. The van der Waals surface area contributed by atoms with Crippen LogP contribution in [0.5, 0.6) is 0 Å². The summed E-state index contributed by atoms with van der Waals surface area (Å²) in [6.45, 7) is 5.41. The van der Waals surface area contributed by atoms with Gasteiger partial charge in [-0.1, -0.05) is 0 Å². The van der Waals surface area contributed by atoms with Crippen molar-refractivity contribution in [3.8, 4) is 0 Å². The Morgan fingerprint density at radius 2 is 2.05 bits per heavy atom. The molecule has 2 fully saturated rings. The molecule has 1 aromatic rings. The van der Waals surface area contributed by atoms with Gasteiger partial charge in [0.1, 0.15) is 5.82 Å². The molecule has 2 heterocycles. The highest BCUT2D eigenvalue weighted by Gasteiger charge is 2.29. The zero-order chi connectivity index (χ0) is 13.4. The van der Waals surface area contributed by atoms with Crippen LogP contribution in [0.15, 0.2) is 6.07 Å². The number of aromatic nitrogens is 2. The van der Waals surface area contributed by atoms with E-state index < -0.39 is 0 Å². The average molecular weight is 259 g/mol. The molecule has 0 radical (unpaired) electrons. The summed E-state index contributed by atoms with van der Waals surface area (Å²) >= 11 is 0. The van der Waals surface area contributed by atoms with E-state index in [-0.39, 0.29) is 5.91 Å². The van der Waals surface area contributed by atoms with Crippen molar-refractivity contribution in [3.63, 3.8) is 0 Å². The Bertz CT molecular complexity index is 496. The van der Waals surface area contributed by atoms with Crippen LogP contribution in [-0.4, -0.2) is 33.9 Å². The Hall–Kier alpha value is -1.45. The van der Waals surface area contributed by atoms with Gasteiger partial charge in [0, 0.05) is 43.2 Å². The third-order valence-corrected chi connectivity index (χ3v) is 4.12. The van der Waals surface area contributed by atoms with Crippen LogP contribution in [-0.2, 0) is 4.79 Å². The molecular weight excluding hydrogens is 238 g/mol. The molecule has 0 spiro atoms. The normalized spacial score (nSPS) is 23.5. The van der Waals surface area contributed by atoms with Crippen LogP contribution < -0.4 is 0 Å². The van der Waals surface area contributed by atoms with Crippen molar-refractivity contribution >= 4 is 5.91 Å². The minimum Gasteiger partial charge on any atom is -0.342 e. The molecule has 1 unspecified atom stereocenters. The molecule has 1 atom stereocenters. The van der Waals surface area contributed by atoms with E-state index in [1.807, 2.05) is 11.8 Å². The largest absolute Gasteiger partial charge is 0.342 e. The maximum absolute atomic E-state index is 11.5. The molecule has 102 valence electrons. The predicted molar refractivity (Wildman–Crippen MR) is 73.0 cm³/mol. The van der Waals surface area contributed by atoms with Crippen LogP contribution in [0, 0.1) is 6.92 Å². The van der Waals surface area contributed by atoms with Crippen molar-refractivity contribution in [3.05, 3.63) is 23.3 Å². The van der Waals surface area contributed by atoms with E-state index in [0.717, 1.165) is 43.1 Å². The molecule has 0 bridgehead atoms. The van der Waals surface area contributed by atoms with Gasteiger partial charge in [-0.05, 0) is 38.7 Å². The molecule has 3 rings (SSSR count). The van der Waals surface area contributed by atoms with E-state index in [0.29, 0.717) is 11.8 Å². The van der Waals surface area contributed by atoms with Gasteiger partial charge in [0.15, 0.2) is 0 Å². The third kappa shape index (κ3) is 2.77. The van der Waals surface area contributed by atoms with Gasteiger partial charge >= 0.3 is 0 Å². The highest BCUT2D eigenvalue weighted by molar-refractivity contribution is 5.73. The predicted octanol–water partition coefficient (Wildman–Crippen LogP) is 2.39. The number of nitrogens with zero attached hydrogens (tertiary/aromatic N) is 3. The molecule has 19 heavy (non-hydrogen) atoms. The summed E-state index contributed by atoms with van der Waals surface area (Å²) in [4.78, 5) is 22.8. The molecule has 0 aromatic carbocycles. The van der Waals surface area contributed by atoms with Gasteiger partial charge in [-0.2, -0.15) is 0 Å². The van der Waals surface area contributed by atoms with E-state index in [1.54, 1.807) is 6.92 Å². The Morgan fingerprint density at radius 1 is 1.26 bits per heavy atom. The lowest BCUT2D eigenvalue weighted by atomic mass is 9.94. The van der Waals surface area contributed by atoms with E-state index >= 15 is 0 Å². The van der Waals surface area contributed by atoms with Crippen LogP contribution in [0.3, 0.4) is 0 Å². The number of carbonyl (C=O) groups is 1. The number of hydrogen-bond donors (Lipinski definition) is 0. The fourth-order valence-corrected chi connectivity index (χ4v) is 2.85. The number of rotatable bonds is 2. The Balaban J connectivity index is 1.82. The molecule has 0 N–H and O–H groups in total. The van der Waals surface area contributed by atoms with Gasteiger partial charge in [0.05, 0.1) is 0 Å². The zero-order valence-corrected chi connectivity index (χ0v) is 11.7. The van der Waals surface area contributed by atoms with Gasteiger partial charge in [0.2, 0.25) is 5.91 Å². The van der Waals surface area contributed by atoms with Crippen molar-refractivity contribution < 1.29 is 4.79 Å². The minimum atomic E-state index is 0.179. The smallest absolute Gasteiger partial charge is 0.219 e. The summed E-state index contributed by atoms with van der Waals surface area (Å²) in [5.41, 5.74) is 2.20. The van der Waals surface area contributed by atoms with Gasteiger partial charge < -0.3 is 4.90 Å². The van der Waals surface area contributed by atoms with E-state index in [1.165, 1.54) is 12.8 Å². The molecule has 4 nitrogen and oxygen atoms in total. The van der Waals surface area contributed by atoms with Gasteiger partial charge in [-0.25, -0.2) is 9.97 Å². The first-order valence-electron chi connectivity index (χ1n) is 7.24. The van der Waals surface area contributed by atoms with Crippen molar-refractivity contribution in [2.75, 3.05) is 13.1 Å². The van der Waals surface area contributed by atoms with Crippen LogP contribution in [0.2, 0.25) is 0 Å². The Morgan fingerprint density at radius 3 is 2.74 bits per heavy atom. The second-order valence-corrected chi connectivity index (χ2v) is 5.87. The summed E-state index contributed by atoms with van der Waals surface area (Å²) < 4.78 is 0.